The van der Waals surface area contributed by atoms with Gasteiger partial charge in [-0.2, -0.15) is 0 Å². The Bertz CT molecular complexity index is 817. The zero-order chi connectivity index (χ0) is 17.0. The highest BCUT2D eigenvalue weighted by atomic mass is 19.1. The van der Waals surface area contributed by atoms with E-state index in [1.807, 2.05) is 0 Å². The van der Waals surface area contributed by atoms with Gasteiger partial charge >= 0.3 is 0 Å². The molecule has 0 aliphatic heterocycles. The normalized spacial score (nSPS) is 10.3. The molecule has 8 heteroatoms. The van der Waals surface area contributed by atoms with Gasteiger partial charge in [-0.25, -0.2) is 9.37 Å². The van der Waals surface area contributed by atoms with Crippen molar-refractivity contribution in [2.75, 3.05) is 6.54 Å². The molecule has 1 aromatic heterocycles. The van der Waals surface area contributed by atoms with Gasteiger partial charge in [-0.3, -0.25) is 19.0 Å². The topological polar surface area (TPSA) is 107 Å². The van der Waals surface area contributed by atoms with Crippen LogP contribution in [0.3, 0.4) is 0 Å². The van der Waals surface area contributed by atoms with Gasteiger partial charge in [-0.15, -0.1) is 0 Å². The molecule has 0 radical (unpaired) electrons. The van der Waals surface area contributed by atoms with Crippen LogP contribution < -0.4 is 16.6 Å². The van der Waals surface area contributed by atoms with E-state index in [1.165, 1.54) is 22.9 Å². The summed E-state index contributed by atoms with van der Waals surface area (Å²) >= 11 is 0. The number of halogens is 1. The highest BCUT2D eigenvalue weighted by Gasteiger charge is 2.11. The molecule has 2 amide bonds. The number of nitrogens with one attached hydrogen (secondary N) is 1. The van der Waals surface area contributed by atoms with Crippen molar-refractivity contribution in [2.24, 2.45) is 12.8 Å². The first-order valence-electron chi connectivity index (χ1n) is 6.78. The minimum absolute atomic E-state index is 0.00582. The molecule has 1 aromatic carbocycles. The number of hydrogen-bond acceptors (Lipinski definition) is 4. The van der Waals surface area contributed by atoms with E-state index < -0.39 is 17.6 Å². The number of benzene rings is 1. The first kappa shape index (κ1) is 16.3. The van der Waals surface area contributed by atoms with Crippen LogP contribution in [0.2, 0.25) is 0 Å². The quantitative estimate of drug-likeness (QED) is 0.808. The summed E-state index contributed by atoms with van der Waals surface area (Å²) in [5, 5.41) is 2.57. The van der Waals surface area contributed by atoms with Crippen LogP contribution in [0.5, 0.6) is 0 Å². The molecule has 0 fully saturated rings. The molecule has 1 heterocycles. The minimum Gasteiger partial charge on any atom is -0.366 e. The van der Waals surface area contributed by atoms with E-state index in [1.54, 1.807) is 7.05 Å². The number of hydrogen-bond donors (Lipinski definition) is 2. The van der Waals surface area contributed by atoms with Gasteiger partial charge in [0.2, 0.25) is 5.91 Å². The molecule has 0 saturated carbocycles. The van der Waals surface area contributed by atoms with Crippen LogP contribution in [0.1, 0.15) is 26.5 Å². The fraction of sp³-hybridized carbons (Fsp3) is 0.200. The van der Waals surface area contributed by atoms with E-state index in [4.69, 9.17) is 5.73 Å². The van der Waals surface area contributed by atoms with E-state index in [-0.39, 0.29) is 23.2 Å². The SMILES string of the molecule is Cn1c(CCNC(=O)c2cc(F)cc(C(N)=O)c2)nccc1=O. The van der Waals surface area contributed by atoms with E-state index in [0.29, 0.717) is 12.2 Å². The molecule has 0 atom stereocenters. The molecule has 0 bridgehead atoms. The van der Waals surface area contributed by atoms with Gasteiger partial charge in [0.15, 0.2) is 0 Å². The van der Waals surface area contributed by atoms with Crippen LogP contribution >= 0.6 is 0 Å². The van der Waals surface area contributed by atoms with Crippen molar-refractivity contribution < 1.29 is 14.0 Å². The lowest BCUT2D eigenvalue weighted by Gasteiger charge is -2.08. The Morgan fingerprint density at radius 1 is 1.30 bits per heavy atom. The molecule has 120 valence electrons. The van der Waals surface area contributed by atoms with Crippen molar-refractivity contribution in [3.8, 4) is 0 Å². The van der Waals surface area contributed by atoms with Gasteiger partial charge in [-0.05, 0) is 18.2 Å². The van der Waals surface area contributed by atoms with Gasteiger partial charge in [-0.1, -0.05) is 0 Å². The Kier molecular flexibility index (Phi) is 4.85. The molecule has 0 aliphatic rings. The van der Waals surface area contributed by atoms with Crippen LogP contribution in [0.15, 0.2) is 35.3 Å². The molecule has 0 aliphatic carbocycles. The summed E-state index contributed by atoms with van der Waals surface area (Å²) in [6.07, 6.45) is 1.72. The third kappa shape index (κ3) is 4.00. The fourth-order valence-corrected chi connectivity index (χ4v) is 2.00. The molecule has 2 rings (SSSR count). The maximum absolute atomic E-state index is 13.4. The Balaban J connectivity index is 2.04. The number of nitrogens with zero attached hydrogens (tertiary/aromatic N) is 2. The first-order chi connectivity index (χ1) is 10.9. The minimum atomic E-state index is -0.818. The standard InChI is InChI=1S/C15H15FN4O3/c1-20-12(18-5-3-13(20)21)2-4-19-15(23)10-6-9(14(17)22)7-11(16)8-10/h3,5-8H,2,4H2,1H3,(H2,17,22)(H,19,23). The maximum Gasteiger partial charge on any atom is 0.253 e. The molecule has 0 unspecified atom stereocenters. The van der Waals surface area contributed by atoms with Crippen LogP contribution in [0.4, 0.5) is 4.39 Å². The number of primary amides is 1. The smallest absolute Gasteiger partial charge is 0.253 e. The summed E-state index contributed by atoms with van der Waals surface area (Å²) in [4.78, 5) is 38.6. The Morgan fingerprint density at radius 2 is 2.00 bits per heavy atom. The third-order valence-corrected chi connectivity index (χ3v) is 3.24. The summed E-state index contributed by atoms with van der Waals surface area (Å²) in [6, 6.07) is 4.53. The largest absolute Gasteiger partial charge is 0.366 e. The molecular formula is C15H15FN4O3. The fourth-order valence-electron chi connectivity index (χ4n) is 2.00. The summed E-state index contributed by atoms with van der Waals surface area (Å²) in [7, 11) is 1.58. The predicted molar refractivity (Wildman–Crippen MR) is 80.4 cm³/mol. The number of carbonyl (C=O) groups is 2. The molecule has 7 nitrogen and oxygen atoms in total. The number of aromatic nitrogens is 2. The number of nitrogens with two attached hydrogens (primary N) is 1. The molecule has 23 heavy (non-hydrogen) atoms. The molecule has 0 spiro atoms. The van der Waals surface area contributed by atoms with E-state index >= 15 is 0 Å². The van der Waals surface area contributed by atoms with E-state index in [0.717, 1.165) is 12.1 Å². The van der Waals surface area contributed by atoms with Gasteiger partial charge < -0.3 is 11.1 Å². The Hall–Kier alpha value is -3.03. The Morgan fingerprint density at radius 3 is 2.70 bits per heavy atom. The lowest BCUT2D eigenvalue weighted by molar-refractivity contribution is 0.0953. The van der Waals surface area contributed by atoms with Gasteiger partial charge in [0.25, 0.3) is 11.5 Å². The van der Waals surface area contributed by atoms with Crippen molar-refractivity contribution in [3.05, 3.63) is 63.6 Å². The van der Waals surface area contributed by atoms with Crippen LogP contribution in [0, 0.1) is 5.82 Å². The highest BCUT2D eigenvalue weighted by Crippen LogP contribution is 2.09. The van der Waals surface area contributed by atoms with Gasteiger partial charge in [0, 0.05) is 43.4 Å². The second-order valence-electron chi connectivity index (χ2n) is 4.86. The van der Waals surface area contributed by atoms with Crippen molar-refractivity contribution in [1.82, 2.24) is 14.9 Å². The predicted octanol–water partition coefficient (Wildman–Crippen LogP) is -0.00920. The van der Waals surface area contributed by atoms with Crippen LogP contribution in [0.25, 0.3) is 0 Å². The zero-order valence-corrected chi connectivity index (χ0v) is 12.4. The zero-order valence-electron chi connectivity index (χ0n) is 12.4. The lowest BCUT2D eigenvalue weighted by Crippen LogP contribution is -2.29. The molecule has 0 saturated heterocycles. The number of amides is 2. The first-order valence-corrected chi connectivity index (χ1v) is 6.78. The summed E-state index contributed by atoms with van der Waals surface area (Å²) in [5.41, 5.74) is 4.80. The lowest BCUT2D eigenvalue weighted by atomic mass is 10.1. The average molecular weight is 318 g/mol. The maximum atomic E-state index is 13.4. The van der Waals surface area contributed by atoms with Crippen LogP contribution in [-0.4, -0.2) is 27.9 Å². The van der Waals surface area contributed by atoms with Crippen molar-refractivity contribution in [3.63, 3.8) is 0 Å². The van der Waals surface area contributed by atoms with Crippen molar-refractivity contribution in [2.45, 2.75) is 6.42 Å². The van der Waals surface area contributed by atoms with Gasteiger partial charge in [0.05, 0.1) is 0 Å². The van der Waals surface area contributed by atoms with Crippen molar-refractivity contribution in [1.29, 1.82) is 0 Å². The highest BCUT2D eigenvalue weighted by molar-refractivity contribution is 5.99. The van der Waals surface area contributed by atoms with E-state index in [9.17, 15) is 18.8 Å². The summed E-state index contributed by atoms with van der Waals surface area (Å²) in [5.74, 6) is -1.58. The molecule has 2 aromatic rings. The summed E-state index contributed by atoms with van der Waals surface area (Å²) in [6.45, 7) is 0.200. The number of rotatable bonds is 5. The molecular weight excluding hydrogens is 303 g/mol. The van der Waals surface area contributed by atoms with E-state index in [2.05, 4.69) is 10.3 Å². The average Bonchev–Trinajstić information content (AvgIpc) is 2.50. The van der Waals surface area contributed by atoms with Crippen LogP contribution in [-0.2, 0) is 13.5 Å². The van der Waals surface area contributed by atoms with Crippen molar-refractivity contribution >= 4 is 11.8 Å². The summed E-state index contributed by atoms with van der Waals surface area (Å²) < 4.78 is 14.8. The van der Waals surface area contributed by atoms with Gasteiger partial charge in [0.1, 0.15) is 11.6 Å². The third-order valence-electron chi connectivity index (χ3n) is 3.24. The second-order valence-corrected chi connectivity index (χ2v) is 4.86. The second kappa shape index (κ2) is 6.82. The molecule has 3 N–H and O–H groups in total. The number of carbonyl (C=O) groups excluding carboxylic acids is 2. The Labute approximate surface area is 131 Å². The monoisotopic (exact) mass is 318 g/mol.